The van der Waals surface area contributed by atoms with E-state index in [1.54, 1.807) is 6.92 Å². The first-order valence-corrected chi connectivity index (χ1v) is 6.31. The Labute approximate surface area is 115 Å². The van der Waals surface area contributed by atoms with Crippen molar-refractivity contribution in [2.75, 3.05) is 0 Å². The predicted molar refractivity (Wildman–Crippen MR) is 72.3 cm³/mol. The average Bonchev–Trinajstić information content (AvgIpc) is 2.38. The van der Waals surface area contributed by atoms with Gasteiger partial charge in [-0.05, 0) is 42.2 Å². The molecule has 0 amide bonds. The quantitative estimate of drug-likeness (QED) is 0.889. The molecular formula is C16H15F3O. The van der Waals surface area contributed by atoms with Crippen molar-refractivity contribution in [1.82, 2.24) is 0 Å². The van der Waals surface area contributed by atoms with Crippen LogP contribution in [-0.2, 0) is 12.6 Å². The van der Waals surface area contributed by atoms with Crippen molar-refractivity contribution in [3.8, 4) is 11.1 Å². The maximum atomic E-state index is 12.5. The topological polar surface area (TPSA) is 20.2 Å². The van der Waals surface area contributed by atoms with Crippen LogP contribution in [0.1, 0.15) is 18.1 Å². The Bertz CT molecular complexity index is 571. The fraction of sp³-hybridized carbons (Fsp3) is 0.250. The maximum Gasteiger partial charge on any atom is 0.416 e. The van der Waals surface area contributed by atoms with Crippen molar-refractivity contribution in [2.24, 2.45) is 0 Å². The Morgan fingerprint density at radius 3 is 2.15 bits per heavy atom. The highest BCUT2D eigenvalue weighted by Gasteiger charge is 2.30. The highest BCUT2D eigenvalue weighted by molar-refractivity contribution is 5.67. The molecule has 0 spiro atoms. The van der Waals surface area contributed by atoms with Gasteiger partial charge in [-0.1, -0.05) is 36.4 Å². The molecule has 0 unspecified atom stereocenters. The molecule has 0 aliphatic carbocycles. The molecule has 0 radical (unpaired) electrons. The molecular weight excluding hydrogens is 265 g/mol. The van der Waals surface area contributed by atoms with Crippen LogP contribution in [0.15, 0.2) is 48.5 Å². The molecule has 0 fully saturated rings. The molecule has 1 atom stereocenters. The first-order chi connectivity index (χ1) is 9.38. The summed E-state index contributed by atoms with van der Waals surface area (Å²) in [4.78, 5) is 0. The first kappa shape index (κ1) is 14.6. The number of halogens is 3. The second kappa shape index (κ2) is 5.67. The van der Waals surface area contributed by atoms with Crippen molar-refractivity contribution in [3.63, 3.8) is 0 Å². The minimum absolute atomic E-state index is 0.469. The van der Waals surface area contributed by atoms with Gasteiger partial charge in [-0.25, -0.2) is 0 Å². The zero-order valence-electron chi connectivity index (χ0n) is 11.0. The van der Waals surface area contributed by atoms with Crippen LogP contribution in [0.3, 0.4) is 0 Å². The Hall–Kier alpha value is -1.81. The monoisotopic (exact) mass is 280 g/mol. The fourth-order valence-electron chi connectivity index (χ4n) is 2.14. The van der Waals surface area contributed by atoms with Crippen LogP contribution in [0, 0.1) is 0 Å². The molecule has 0 saturated carbocycles. The van der Waals surface area contributed by atoms with E-state index in [9.17, 15) is 18.3 Å². The third kappa shape index (κ3) is 3.39. The van der Waals surface area contributed by atoms with E-state index in [2.05, 4.69) is 0 Å². The van der Waals surface area contributed by atoms with Gasteiger partial charge in [0.05, 0.1) is 11.7 Å². The minimum atomic E-state index is -4.32. The summed E-state index contributed by atoms with van der Waals surface area (Å²) in [5.74, 6) is 0. The van der Waals surface area contributed by atoms with Gasteiger partial charge >= 0.3 is 6.18 Å². The lowest BCUT2D eigenvalue weighted by molar-refractivity contribution is -0.137. The zero-order chi connectivity index (χ0) is 14.8. The lowest BCUT2D eigenvalue weighted by Gasteiger charge is -2.12. The highest BCUT2D eigenvalue weighted by atomic mass is 19.4. The van der Waals surface area contributed by atoms with E-state index in [1.807, 2.05) is 24.3 Å². The second-order valence-corrected chi connectivity index (χ2v) is 4.79. The molecule has 0 heterocycles. The van der Waals surface area contributed by atoms with Crippen molar-refractivity contribution in [1.29, 1.82) is 0 Å². The largest absolute Gasteiger partial charge is 0.416 e. The van der Waals surface area contributed by atoms with Crippen LogP contribution in [0.2, 0.25) is 0 Å². The number of hydrogen-bond donors (Lipinski definition) is 1. The lowest BCUT2D eigenvalue weighted by atomic mass is 9.95. The molecule has 0 aliphatic rings. The van der Waals surface area contributed by atoms with Crippen molar-refractivity contribution in [3.05, 3.63) is 59.7 Å². The first-order valence-electron chi connectivity index (χ1n) is 6.31. The third-order valence-corrected chi connectivity index (χ3v) is 3.06. The summed E-state index contributed by atoms with van der Waals surface area (Å²) in [5, 5.41) is 9.48. The molecule has 2 aromatic rings. The van der Waals surface area contributed by atoms with E-state index in [0.29, 0.717) is 12.0 Å². The van der Waals surface area contributed by atoms with Gasteiger partial charge in [0.15, 0.2) is 0 Å². The van der Waals surface area contributed by atoms with E-state index in [-0.39, 0.29) is 0 Å². The van der Waals surface area contributed by atoms with Gasteiger partial charge in [0.1, 0.15) is 0 Å². The van der Waals surface area contributed by atoms with Gasteiger partial charge in [0, 0.05) is 0 Å². The summed E-state index contributed by atoms with van der Waals surface area (Å²) in [6.45, 7) is 1.68. The normalized spacial score (nSPS) is 13.2. The molecule has 2 rings (SSSR count). The summed E-state index contributed by atoms with van der Waals surface area (Å²) in [5.41, 5.74) is 1.83. The molecule has 0 saturated heterocycles. The highest BCUT2D eigenvalue weighted by Crippen LogP contribution is 2.32. The number of alkyl halides is 3. The number of rotatable bonds is 3. The van der Waals surface area contributed by atoms with E-state index in [1.165, 1.54) is 12.1 Å². The Kier molecular flexibility index (Phi) is 4.14. The summed E-state index contributed by atoms with van der Waals surface area (Å²) < 4.78 is 37.6. The summed E-state index contributed by atoms with van der Waals surface area (Å²) in [6.07, 6.45) is -4.35. The second-order valence-electron chi connectivity index (χ2n) is 4.79. The van der Waals surface area contributed by atoms with Gasteiger partial charge in [-0.2, -0.15) is 13.2 Å². The van der Waals surface area contributed by atoms with Gasteiger partial charge in [0.2, 0.25) is 0 Å². The number of hydrogen-bond acceptors (Lipinski definition) is 1. The van der Waals surface area contributed by atoms with E-state index in [4.69, 9.17) is 0 Å². The van der Waals surface area contributed by atoms with Crippen molar-refractivity contribution < 1.29 is 18.3 Å². The zero-order valence-corrected chi connectivity index (χ0v) is 11.0. The van der Waals surface area contributed by atoms with E-state index < -0.39 is 17.8 Å². The van der Waals surface area contributed by atoms with Crippen molar-refractivity contribution >= 4 is 0 Å². The Morgan fingerprint density at radius 1 is 1.00 bits per heavy atom. The summed E-state index contributed by atoms with van der Waals surface area (Å²) >= 11 is 0. The molecule has 4 heteroatoms. The maximum absolute atomic E-state index is 12.5. The molecule has 1 N–H and O–H groups in total. The van der Waals surface area contributed by atoms with E-state index in [0.717, 1.165) is 23.3 Å². The summed E-state index contributed by atoms with van der Waals surface area (Å²) in [7, 11) is 0. The molecule has 2 aromatic carbocycles. The molecule has 0 aromatic heterocycles. The lowest BCUT2D eigenvalue weighted by Crippen LogP contribution is -2.06. The van der Waals surface area contributed by atoms with Crippen LogP contribution < -0.4 is 0 Å². The van der Waals surface area contributed by atoms with E-state index >= 15 is 0 Å². The number of aliphatic hydroxyl groups excluding tert-OH is 1. The Balaban J connectivity index is 2.37. The molecule has 106 valence electrons. The van der Waals surface area contributed by atoms with Crippen LogP contribution in [-0.4, -0.2) is 11.2 Å². The number of aliphatic hydroxyl groups is 1. The molecule has 0 aliphatic heterocycles. The van der Waals surface area contributed by atoms with Gasteiger partial charge in [-0.3, -0.25) is 0 Å². The van der Waals surface area contributed by atoms with Crippen LogP contribution in [0.4, 0.5) is 13.2 Å². The van der Waals surface area contributed by atoms with Crippen LogP contribution in [0.25, 0.3) is 11.1 Å². The van der Waals surface area contributed by atoms with Gasteiger partial charge < -0.3 is 5.11 Å². The SMILES string of the molecule is C[C@H](O)Cc1ccccc1-c1ccc(C(F)(F)F)cc1. The predicted octanol–water partition coefficient (Wildman–Crippen LogP) is 4.30. The van der Waals surface area contributed by atoms with Gasteiger partial charge in [-0.15, -0.1) is 0 Å². The van der Waals surface area contributed by atoms with Crippen molar-refractivity contribution in [2.45, 2.75) is 25.6 Å². The van der Waals surface area contributed by atoms with Crippen LogP contribution >= 0.6 is 0 Å². The standard InChI is InChI=1S/C16H15F3O/c1-11(20)10-13-4-2-3-5-15(13)12-6-8-14(9-7-12)16(17,18)19/h2-9,11,20H,10H2,1H3/t11-/m0/s1. The molecule has 1 nitrogen and oxygen atoms in total. The van der Waals surface area contributed by atoms with Crippen LogP contribution in [0.5, 0.6) is 0 Å². The molecule has 20 heavy (non-hydrogen) atoms. The summed E-state index contributed by atoms with van der Waals surface area (Å²) in [6, 6.07) is 12.5. The van der Waals surface area contributed by atoms with Gasteiger partial charge in [0.25, 0.3) is 0 Å². The fourth-order valence-corrected chi connectivity index (χ4v) is 2.14. The molecule has 0 bridgehead atoms. The average molecular weight is 280 g/mol. The minimum Gasteiger partial charge on any atom is -0.393 e. The Morgan fingerprint density at radius 2 is 1.60 bits per heavy atom. The number of benzene rings is 2. The third-order valence-electron chi connectivity index (χ3n) is 3.06. The smallest absolute Gasteiger partial charge is 0.393 e.